The molecule has 2 amide bonds. The monoisotopic (exact) mass is 344 g/mol. The van der Waals surface area contributed by atoms with Gasteiger partial charge in [-0.3, -0.25) is 9.59 Å². The minimum Gasteiger partial charge on any atom is -0.339 e. The molecular weight excluding hydrogens is 326 g/mol. The van der Waals surface area contributed by atoms with E-state index in [1.54, 1.807) is 11.0 Å². The molecule has 1 aliphatic rings. The van der Waals surface area contributed by atoms with E-state index in [-0.39, 0.29) is 23.5 Å². The SMILES string of the molecule is O=C(Nc1ccc(F)cc1)C1CCN(C(=O)c2cccc(F)c2)CC1. The Morgan fingerprint density at radius 3 is 2.28 bits per heavy atom. The first-order valence-corrected chi connectivity index (χ1v) is 8.14. The third-order valence-corrected chi connectivity index (χ3v) is 4.34. The van der Waals surface area contributed by atoms with E-state index in [1.807, 2.05) is 0 Å². The highest BCUT2D eigenvalue weighted by atomic mass is 19.1. The predicted molar refractivity (Wildman–Crippen MR) is 90.1 cm³/mol. The van der Waals surface area contributed by atoms with Crippen molar-refractivity contribution >= 4 is 17.5 Å². The molecule has 0 spiro atoms. The topological polar surface area (TPSA) is 49.4 Å². The Bertz CT molecular complexity index is 769. The van der Waals surface area contributed by atoms with Crippen LogP contribution in [-0.2, 0) is 4.79 Å². The van der Waals surface area contributed by atoms with Gasteiger partial charge in [-0.2, -0.15) is 0 Å². The Kier molecular flexibility index (Phi) is 5.07. The number of hydrogen-bond acceptors (Lipinski definition) is 2. The van der Waals surface area contributed by atoms with Crippen LogP contribution in [0.4, 0.5) is 14.5 Å². The van der Waals surface area contributed by atoms with Gasteiger partial charge in [-0.05, 0) is 55.3 Å². The molecule has 1 aliphatic heterocycles. The Morgan fingerprint density at radius 2 is 1.64 bits per heavy atom. The number of nitrogens with one attached hydrogen (secondary N) is 1. The number of benzene rings is 2. The molecule has 0 aromatic heterocycles. The second-order valence-electron chi connectivity index (χ2n) is 6.07. The summed E-state index contributed by atoms with van der Waals surface area (Å²) in [7, 11) is 0. The first-order valence-electron chi connectivity index (χ1n) is 8.14. The number of halogens is 2. The van der Waals surface area contributed by atoms with E-state index in [0.717, 1.165) is 0 Å². The number of nitrogens with zero attached hydrogens (tertiary/aromatic N) is 1. The van der Waals surface area contributed by atoms with Gasteiger partial charge in [0.2, 0.25) is 5.91 Å². The van der Waals surface area contributed by atoms with E-state index < -0.39 is 5.82 Å². The van der Waals surface area contributed by atoms with Gasteiger partial charge in [0.05, 0.1) is 0 Å². The molecule has 0 atom stereocenters. The van der Waals surface area contributed by atoms with Crippen molar-refractivity contribution in [1.82, 2.24) is 4.90 Å². The van der Waals surface area contributed by atoms with Gasteiger partial charge in [0, 0.05) is 30.3 Å². The molecule has 0 unspecified atom stereocenters. The van der Waals surface area contributed by atoms with Crippen molar-refractivity contribution in [3.63, 3.8) is 0 Å². The van der Waals surface area contributed by atoms with Crippen molar-refractivity contribution < 1.29 is 18.4 Å². The number of piperidine rings is 1. The molecule has 2 aromatic rings. The number of carbonyl (C=O) groups excluding carboxylic acids is 2. The summed E-state index contributed by atoms with van der Waals surface area (Å²) in [5.74, 6) is -1.37. The van der Waals surface area contributed by atoms with Crippen LogP contribution in [0.1, 0.15) is 23.2 Å². The Morgan fingerprint density at radius 1 is 0.960 bits per heavy atom. The lowest BCUT2D eigenvalue weighted by molar-refractivity contribution is -0.121. The highest BCUT2D eigenvalue weighted by Gasteiger charge is 2.28. The maximum Gasteiger partial charge on any atom is 0.253 e. The number of hydrogen-bond donors (Lipinski definition) is 1. The number of anilines is 1. The summed E-state index contributed by atoms with van der Waals surface area (Å²) in [4.78, 5) is 26.3. The highest BCUT2D eigenvalue weighted by molar-refractivity contribution is 5.95. The van der Waals surface area contributed by atoms with E-state index in [1.165, 1.54) is 42.5 Å². The zero-order valence-corrected chi connectivity index (χ0v) is 13.5. The van der Waals surface area contributed by atoms with Crippen LogP contribution in [0.15, 0.2) is 48.5 Å². The summed E-state index contributed by atoms with van der Waals surface area (Å²) in [5.41, 5.74) is 0.860. The summed E-state index contributed by atoms with van der Waals surface area (Å²) in [6.07, 6.45) is 1.07. The minimum atomic E-state index is -0.445. The van der Waals surface area contributed by atoms with Crippen molar-refractivity contribution in [3.05, 3.63) is 65.7 Å². The highest BCUT2D eigenvalue weighted by Crippen LogP contribution is 2.21. The Labute approximate surface area is 144 Å². The minimum absolute atomic E-state index is 0.135. The maximum atomic E-state index is 13.2. The van der Waals surface area contributed by atoms with Crippen LogP contribution < -0.4 is 5.32 Å². The van der Waals surface area contributed by atoms with Crippen molar-refractivity contribution in [2.75, 3.05) is 18.4 Å². The number of likely N-dealkylation sites (tertiary alicyclic amines) is 1. The number of carbonyl (C=O) groups is 2. The molecule has 1 fully saturated rings. The normalized spacial score (nSPS) is 15.0. The third kappa shape index (κ3) is 4.21. The fourth-order valence-corrected chi connectivity index (χ4v) is 2.93. The maximum absolute atomic E-state index is 13.2. The number of amides is 2. The van der Waals surface area contributed by atoms with Crippen molar-refractivity contribution in [1.29, 1.82) is 0 Å². The van der Waals surface area contributed by atoms with Crippen LogP contribution in [0, 0.1) is 17.6 Å². The molecule has 1 heterocycles. The fraction of sp³-hybridized carbons (Fsp3) is 0.263. The van der Waals surface area contributed by atoms with E-state index in [9.17, 15) is 18.4 Å². The van der Waals surface area contributed by atoms with Gasteiger partial charge < -0.3 is 10.2 Å². The van der Waals surface area contributed by atoms with Crippen LogP contribution in [0.5, 0.6) is 0 Å². The smallest absolute Gasteiger partial charge is 0.253 e. The van der Waals surface area contributed by atoms with E-state index in [2.05, 4.69) is 5.32 Å². The van der Waals surface area contributed by atoms with Crippen LogP contribution in [0.2, 0.25) is 0 Å². The molecule has 0 saturated carbocycles. The van der Waals surface area contributed by atoms with Crippen LogP contribution in [0.3, 0.4) is 0 Å². The summed E-state index contributed by atoms with van der Waals surface area (Å²) in [5, 5.41) is 2.76. The second kappa shape index (κ2) is 7.42. The Balaban J connectivity index is 1.55. The average Bonchev–Trinajstić information content (AvgIpc) is 2.63. The molecule has 6 heteroatoms. The molecule has 2 aromatic carbocycles. The van der Waals surface area contributed by atoms with Crippen molar-refractivity contribution in [3.8, 4) is 0 Å². The molecule has 130 valence electrons. The first-order chi connectivity index (χ1) is 12.0. The molecule has 3 rings (SSSR count). The van der Waals surface area contributed by atoms with Gasteiger partial charge in [0.1, 0.15) is 11.6 Å². The zero-order chi connectivity index (χ0) is 17.8. The zero-order valence-electron chi connectivity index (χ0n) is 13.5. The molecule has 0 bridgehead atoms. The van der Waals surface area contributed by atoms with Gasteiger partial charge in [-0.25, -0.2) is 8.78 Å². The largest absolute Gasteiger partial charge is 0.339 e. The molecule has 0 aliphatic carbocycles. The van der Waals surface area contributed by atoms with Gasteiger partial charge in [0.15, 0.2) is 0 Å². The Hall–Kier alpha value is -2.76. The molecule has 1 N–H and O–H groups in total. The third-order valence-electron chi connectivity index (χ3n) is 4.34. The van der Waals surface area contributed by atoms with Crippen LogP contribution >= 0.6 is 0 Å². The summed E-state index contributed by atoms with van der Waals surface area (Å²) < 4.78 is 26.1. The molecular formula is C19H18F2N2O2. The molecule has 1 saturated heterocycles. The summed E-state index contributed by atoms with van der Waals surface area (Å²) >= 11 is 0. The van der Waals surface area contributed by atoms with E-state index >= 15 is 0 Å². The fourth-order valence-electron chi connectivity index (χ4n) is 2.93. The first kappa shape index (κ1) is 17.1. The lowest BCUT2D eigenvalue weighted by Gasteiger charge is -2.31. The van der Waals surface area contributed by atoms with E-state index in [0.29, 0.717) is 37.2 Å². The standard InChI is InChI=1S/C19H18F2N2O2/c20-15-4-6-17(7-5-15)22-18(24)13-8-10-23(11-9-13)19(25)14-2-1-3-16(21)12-14/h1-7,12-13H,8-11H2,(H,22,24). The molecule has 4 nitrogen and oxygen atoms in total. The van der Waals surface area contributed by atoms with Gasteiger partial charge in [-0.15, -0.1) is 0 Å². The quantitative estimate of drug-likeness (QED) is 0.927. The van der Waals surface area contributed by atoms with E-state index in [4.69, 9.17) is 0 Å². The van der Waals surface area contributed by atoms with Crippen molar-refractivity contribution in [2.45, 2.75) is 12.8 Å². The van der Waals surface area contributed by atoms with Crippen molar-refractivity contribution in [2.24, 2.45) is 5.92 Å². The lowest BCUT2D eigenvalue weighted by Crippen LogP contribution is -2.41. The molecule has 25 heavy (non-hydrogen) atoms. The lowest BCUT2D eigenvalue weighted by atomic mass is 9.95. The number of rotatable bonds is 3. The van der Waals surface area contributed by atoms with Gasteiger partial charge >= 0.3 is 0 Å². The van der Waals surface area contributed by atoms with Gasteiger partial charge in [-0.1, -0.05) is 6.07 Å². The van der Waals surface area contributed by atoms with Crippen LogP contribution in [-0.4, -0.2) is 29.8 Å². The summed E-state index contributed by atoms with van der Waals surface area (Å²) in [6.45, 7) is 0.883. The predicted octanol–water partition coefficient (Wildman–Crippen LogP) is 3.46. The molecule has 0 radical (unpaired) electrons. The second-order valence-corrected chi connectivity index (χ2v) is 6.07. The van der Waals surface area contributed by atoms with Gasteiger partial charge in [0.25, 0.3) is 5.91 Å². The summed E-state index contributed by atoms with van der Waals surface area (Å²) in [6, 6.07) is 11.2. The van der Waals surface area contributed by atoms with Crippen LogP contribution in [0.25, 0.3) is 0 Å². The average molecular weight is 344 g/mol.